The van der Waals surface area contributed by atoms with E-state index < -0.39 is 18.5 Å². The number of aromatic nitrogens is 2. The number of carbonyl (C=O) groups is 2. The molecule has 150 valence electrons. The second-order valence-electron chi connectivity index (χ2n) is 6.03. The number of carbonyl (C=O) groups excluding carboxylic acids is 2. The van der Waals surface area contributed by atoms with Crippen LogP contribution in [0, 0.1) is 0 Å². The van der Waals surface area contributed by atoms with Crippen molar-refractivity contribution >= 4 is 11.9 Å². The summed E-state index contributed by atoms with van der Waals surface area (Å²) >= 11 is 0. The van der Waals surface area contributed by atoms with Crippen molar-refractivity contribution in [2.45, 2.75) is 6.54 Å². The molecule has 0 saturated heterocycles. The van der Waals surface area contributed by atoms with Gasteiger partial charge in [0.25, 0.3) is 5.91 Å². The maximum absolute atomic E-state index is 12.4. The molecule has 2 aromatic carbocycles. The highest BCUT2D eigenvalue weighted by Gasteiger charge is 2.20. The van der Waals surface area contributed by atoms with Crippen molar-refractivity contribution in [1.82, 2.24) is 15.1 Å². The molecule has 1 aromatic heterocycles. The van der Waals surface area contributed by atoms with Gasteiger partial charge in [0.2, 0.25) is 5.69 Å². The molecule has 8 heteroatoms. The van der Waals surface area contributed by atoms with Crippen LogP contribution in [-0.2, 0) is 16.1 Å². The van der Waals surface area contributed by atoms with Crippen LogP contribution in [0.2, 0.25) is 0 Å². The lowest BCUT2D eigenvalue weighted by Gasteiger charge is -2.07. The Morgan fingerprint density at radius 2 is 1.83 bits per heavy atom. The van der Waals surface area contributed by atoms with Crippen molar-refractivity contribution in [3.8, 4) is 17.2 Å². The van der Waals surface area contributed by atoms with Crippen LogP contribution in [-0.4, -0.2) is 42.5 Å². The molecule has 0 atom stereocenters. The van der Waals surface area contributed by atoms with Crippen molar-refractivity contribution in [1.29, 1.82) is 0 Å². The van der Waals surface area contributed by atoms with Gasteiger partial charge < -0.3 is 19.5 Å². The smallest absolute Gasteiger partial charge is 0.363 e. The molecule has 0 aliphatic rings. The Morgan fingerprint density at radius 1 is 1.03 bits per heavy atom. The van der Waals surface area contributed by atoms with Crippen molar-refractivity contribution in [2.24, 2.45) is 0 Å². The molecule has 0 aliphatic heterocycles. The second-order valence-corrected chi connectivity index (χ2v) is 6.03. The number of benzene rings is 2. The first-order valence-corrected chi connectivity index (χ1v) is 8.86. The topological polar surface area (TPSA) is 91.7 Å². The molecule has 3 rings (SSSR count). The standard InChI is InChI=1S/C21H21N3O5/c1-27-17-10-6-7-15(11-17)12-22-19(25)14-29-21(26)20-18(28-2)13-24(23-20)16-8-4-3-5-9-16/h3-11,13H,12,14H2,1-2H3,(H,22,25). The van der Waals surface area contributed by atoms with E-state index in [0.717, 1.165) is 11.3 Å². The van der Waals surface area contributed by atoms with Gasteiger partial charge in [-0.1, -0.05) is 30.3 Å². The van der Waals surface area contributed by atoms with Gasteiger partial charge in [0.15, 0.2) is 12.4 Å². The quantitative estimate of drug-likeness (QED) is 0.589. The summed E-state index contributed by atoms with van der Waals surface area (Å²) < 4.78 is 16.9. The van der Waals surface area contributed by atoms with Crippen LogP contribution >= 0.6 is 0 Å². The van der Waals surface area contributed by atoms with Gasteiger partial charge in [-0.15, -0.1) is 0 Å². The summed E-state index contributed by atoms with van der Waals surface area (Å²) in [5, 5.41) is 6.90. The van der Waals surface area contributed by atoms with Gasteiger partial charge in [0.1, 0.15) is 5.75 Å². The number of rotatable bonds is 8. The first-order chi connectivity index (χ1) is 14.1. The summed E-state index contributed by atoms with van der Waals surface area (Å²) in [4.78, 5) is 24.4. The zero-order valence-corrected chi connectivity index (χ0v) is 16.1. The highest BCUT2D eigenvalue weighted by Crippen LogP contribution is 2.20. The van der Waals surface area contributed by atoms with E-state index in [4.69, 9.17) is 14.2 Å². The summed E-state index contributed by atoms with van der Waals surface area (Å²) in [5.74, 6) is -0.212. The number of amides is 1. The molecule has 0 spiro atoms. The van der Waals surface area contributed by atoms with Gasteiger partial charge in [-0.3, -0.25) is 4.79 Å². The molecule has 0 unspecified atom stereocenters. The zero-order chi connectivity index (χ0) is 20.6. The number of hydrogen-bond acceptors (Lipinski definition) is 6. The predicted molar refractivity (Wildman–Crippen MR) is 105 cm³/mol. The van der Waals surface area contributed by atoms with Crippen LogP contribution < -0.4 is 14.8 Å². The van der Waals surface area contributed by atoms with Gasteiger partial charge in [-0.2, -0.15) is 5.10 Å². The molecule has 0 saturated carbocycles. The highest BCUT2D eigenvalue weighted by molar-refractivity contribution is 5.92. The Kier molecular flexibility index (Phi) is 6.47. The molecule has 8 nitrogen and oxygen atoms in total. The summed E-state index contributed by atoms with van der Waals surface area (Å²) in [6, 6.07) is 16.6. The van der Waals surface area contributed by atoms with Crippen LogP contribution in [0.3, 0.4) is 0 Å². The summed E-state index contributed by atoms with van der Waals surface area (Å²) in [6.45, 7) is -0.135. The number of para-hydroxylation sites is 1. The van der Waals surface area contributed by atoms with Gasteiger partial charge in [-0.25, -0.2) is 9.48 Å². The molecule has 3 aromatic rings. The lowest BCUT2D eigenvalue weighted by atomic mass is 10.2. The Bertz CT molecular complexity index is 985. The summed E-state index contributed by atoms with van der Waals surface area (Å²) in [6.07, 6.45) is 1.58. The number of methoxy groups -OCH3 is 2. The SMILES string of the molecule is COc1cccc(CNC(=O)COC(=O)c2nn(-c3ccccc3)cc2OC)c1. The minimum atomic E-state index is -0.743. The van der Waals surface area contributed by atoms with Gasteiger partial charge in [0.05, 0.1) is 26.1 Å². The number of hydrogen-bond donors (Lipinski definition) is 1. The lowest BCUT2D eigenvalue weighted by molar-refractivity contribution is -0.124. The van der Waals surface area contributed by atoms with E-state index in [1.807, 2.05) is 54.6 Å². The average Bonchev–Trinajstić information content (AvgIpc) is 3.21. The normalized spacial score (nSPS) is 10.3. The molecule has 1 heterocycles. The van der Waals surface area contributed by atoms with E-state index in [1.165, 1.54) is 11.8 Å². The van der Waals surface area contributed by atoms with Crippen molar-refractivity contribution in [3.05, 3.63) is 72.1 Å². The molecule has 0 radical (unpaired) electrons. The van der Waals surface area contributed by atoms with E-state index in [1.54, 1.807) is 13.3 Å². The third-order valence-corrected chi connectivity index (χ3v) is 4.07. The van der Waals surface area contributed by atoms with Crippen molar-refractivity contribution in [3.63, 3.8) is 0 Å². The second kappa shape index (κ2) is 9.41. The fourth-order valence-electron chi connectivity index (χ4n) is 2.60. The third kappa shape index (κ3) is 5.13. The molecule has 1 N–H and O–H groups in total. The maximum atomic E-state index is 12.4. The van der Waals surface area contributed by atoms with Crippen LogP contribution in [0.25, 0.3) is 5.69 Å². The van der Waals surface area contributed by atoms with Gasteiger partial charge >= 0.3 is 5.97 Å². The molecule has 0 bridgehead atoms. The average molecular weight is 395 g/mol. The molecular formula is C21H21N3O5. The number of nitrogens with zero attached hydrogens (tertiary/aromatic N) is 2. The molecule has 1 amide bonds. The van der Waals surface area contributed by atoms with Crippen molar-refractivity contribution < 1.29 is 23.8 Å². The fourth-order valence-corrected chi connectivity index (χ4v) is 2.60. The Hall–Kier alpha value is -3.81. The van der Waals surface area contributed by atoms with E-state index in [9.17, 15) is 9.59 Å². The Balaban J connectivity index is 1.57. The molecule has 0 fully saturated rings. The minimum absolute atomic E-state index is 0.00283. The maximum Gasteiger partial charge on any atom is 0.363 e. The minimum Gasteiger partial charge on any atom is -0.497 e. The largest absolute Gasteiger partial charge is 0.497 e. The first kappa shape index (κ1) is 19.9. The Labute approximate surface area is 168 Å². The van der Waals surface area contributed by atoms with Crippen LogP contribution in [0.15, 0.2) is 60.8 Å². The highest BCUT2D eigenvalue weighted by atomic mass is 16.5. The van der Waals surface area contributed by atoms with Gasteiger partial charge in [-0.05, 0) is 29.8 Å². The third-order valence-electron chi connectivity index (χ3n) is 4.07. The summed E-state index contributed by atoms with van der Waals surface area (Å²) in [7, 11) is 3.01. The number of ether oxygens (including phenoxy) is 3. The zero-order valence-electron chi connectivity index (χ0n) is 16.1. The van der Waals surface area contributed by atoms with E-state index in [-0.39, 0.29) is 11.4 Å². The fraction of sp³-hybridized carbons (Fsp3) is 0.190. The molecule has 0 aliphatic carbocycles. The van der Waals surface area contributed by atoms with Crippen molar-refractivity contribution in [2.75, 3.05) is 20.8 Å². The van der Waals surface area contributed by atoms with E-state index >= 15 is 0 Å². The lowest BCUT2D eigenvalue weighted by Crippen LogP contribution is -2.28. The van der Waals surface area contributed by atoms with Gasteiger partial charge in [0, 0.05) is 6.54 Å². The monoisotopic (exact) mass is 395 g/mol. The predicted octanol–water partition coefficient (Wildman–Crippen LogP) is 2.36. The number of nitrogens with one attached hydrogen (secondary N) is 1. The molecular weight excluding hydrogens is 374 g/mol. The van der Waals surface area contributed by atoms with Crippen LogP contribution in [0.4, 0.5) is 0 Å². The molecule has 29 heavy (non-hydrogen) atoms. The summed E-state index contributed by atoms with van der Waals surface area (Å²) in [5.41, 5.74) is 1.63. The van der Waals surface area contributed by atoms with E-state index in [2.05, 4.69) is 10.4 Å². The number of esters is 1. The van der Waals surface area contributed by atoms with Crippen LogP contribution in [0.5, 0.6) is 11.5 Å². The van der Waals surface area contributed by atoms with Crippen LogP contribution in [0.1, 0.15) is 16.1 Å². The Morgan fingerprint density at radius 3 is 2.55 bits per heavy atom. The van der Waals surface area contributed by atoms with E-state index in [0.29, 0.717) is 12.3 Å². The first-order valence-electron chi connectivity index (χ1n) is 8.86.